The van der Waals surface area contributed by atoms with Crippen LogP contribution in [-0.2, 0) is 34.0 Å². The van der Waals surface area contributed by atoms with Gasteiger partial charge in [0.25, 0.3) is 0 Å². The quantitative estimate of drug-likeness (QED) is 0.444. The predicted molar refractivity (Wildman–Crippen MR) is 156 cm³/mol. The number of esters is 1. The minimum absolute atomic E-state index is 0.103. The zero-order chi connectivity index (χ0) is 28.7. The fourth-order valence-corrected chi connectivity index (χ4v) is 6.54. The third-order valence-electron chi connectivity index (χ3n) is 8.91. The van der Waals surface area contributed by atoms with Crippen molar-refractivity contribution in [2.24, 2.45) is 0 Å². The number of nitrogens with zero attached hydrogens (tertiary/aromatic N) is 6. The summed E-state index contributed by atoms with van der Waals surface area (Å²) in [7, 11) is 0. The Labute approximate surface area is 247 Å². The smallest absolute Gasteiger partial charge is 0.320 e. The number of hydrogen-bond acceptors (Lipinski definition) is 11. The third kappa shape index (κ3) is 7.01. The van der Waals surface area contributed by atoms with E-state index in [4.69, 9.17) is 24.2 Å². The number of likely N-dealkylation sites (tertiary alicyclic amines) is 1. The molecule has 3 saturated heterocycles. The lowest BCUT2D eigenvalue weighted by atomic mass is 10.0. The molecule has 4 aliphatic rings. The summed E-state index contributed by atoms with van der Waals surface area (Å²) in [5, 5.41) is 13.0. The van der Waals surface area contributed by atoms with Crippen LogP contribution in [0.1, 0.15) is 48.9 Å². The highest BCUT2D eigenvalue weighted by Gasteiger charge is 2.33. The highest BCUT2D eigenvalue weighted by atomic mass is 16.5. The minimum atomic E-state index is -0.277. The molecule has 0 unspecified atom stereocenters. The van der Waals surface area contributed by atoms with Crippen LogP contribution in [0.2, 0.25) is 0 Å². The summed E-state index contributed by atoms with van der Waals surface area (Å²) in [6.45, 7) is 7.54. The van der Waals surface area contributed by atoms with Crippen molar-refractivity contribution in [1.29, 1.82) is 5.26 Å². The Morgan fingerprint density at radius 2 is 1.86 bits per heavy atom. The van der Waals surface area contributed by atoms with Gasteiger partial charge in [0.15, 0.2) is 0 Å². The largest absolute Gasteiger partial charge is 0.460 e. The van der Waals surface area contributed by atoms with Gasteiger partial charge in [-0.3, -0.25) is 14.6 Å². The summed E-state index contributed by atoms with van der Waals surface area (Å²) in [6, 6.07) is 13.0. The average Bonchev–Trinajstić information content (AvgIpc) is 3.51. The van der Waals surface area contributed by atoms with Crippen LogP contribution in [0.25, 0.3) is 0 Å². The minimum Gasteiger partial charge on any atom is -0.460 e. The van der Waals surface area contributed by atoms with Gasteiger partial charge in [-0.15, -0.1) is 0 Å². The van der Waals surface area contributed by atoms with Crippen molar-refractivity contribution in [1.82, 2.24) is 25.1 Å². The van der Waals surface area contributed by atoms with Gasteiger partial charge in [-0.05, 0) is 31.2 Å². The molecule has 0 saturated carbocycles. The lowest BCUT2D eigenvalue weighted by Crippen LogP contribution is -2.55. The summed E-state index contributed by atoms with van der Waals surface area (Å²) in [4.78, 5) is 29.3. The first-order chi connectivity index (χ1) is 20.7. The van der Waals surface area contributed by atoms with E-state index >= 15 is 0 Å². The molecule has 1 N–H and O–H groups in total. The Morgan fingerprint density at radius 1 is 1.05 bits per heavy atom. The van der Waals surface area contributed by atoms with Crippen molar-refractivity contribution in [2.45, 2.75) is 70.0 Å². The van der Waals surface area contributed by atoms with Gasteiger partial charge in [-0.2, -0.15) is 15.2 Å². The fourth-order valence-electron chi connectivity index (χ4n) is 6.54. The molecule has 3 fully saturated rings. The summed E-state index contributed by atoms with van der Waals surface area (Å²) in [6.07, 6.45) is 4.59. The van der Waals surface area contributed by atoms with Gasteiger partial charge < -0.3 is 24.4 Å². The predicted octanol–water partition coefficient (Wildman–Crippen LogP) is 2.25. The Morgan fingerprint density at radius 3 is 2.64 bits per heavy atom. The first-order valence-electron chi connectivity index (χ1n) is 15.3. The molecule has 11 nitrogen and oxygen atoms in total. The van der Waals surface area contributed by atoms with Crippen LogP contribution < -0.4 is 15.0 Å². The first kappa shape index (κ1) is 28.8. The van der Waals surface area contributed by atoms with Crippen LogP contribution in [0.4, 0.5) is 5.82 Å². The van der Waals surface area contributed by atoms with Gasteiger partial charge in [0.05, 0.1) is 24.7 Å². The van der Waals surface area contributed by atoms with E-state index in [9.17, 15) is 10.1 Å². The Kier molecular flexibility index (Phi) is 9.45. The standard InChI is InChI=1S/C31H41N7O4/c32-11-6-25-20-38(15-14-37(25)21-29(39)41-22-23-4-2-1-3-5-23)30-27-18-33-19-28(27)34-31(35-30)42-26-7-12-36(13-8-26)24-9-16-40-17-10-24/h1-5,24-26,33H,6-10,12-22H2/t25-/m0/s1. The van der Waals surface area contributed by atoms with E-state index in [1.54, 1.807) is 0 Å². The van der Waals surface area contributed by atoms with Crippen LogP contribution in [0, 0.1) is 11.3 Å². The highest BCUT2D eigenvalue weighted by Crippen LogP contribution is 2.30. The number of rotatable bonds is 9. The van der Waals surface area contributed by atoms with Gasteiger partial charge >= 0.3 is 12.0 Å². The van der Waals surface area contributed by atoms with Crippen molar-refractivity contribution >= 4 is 11.8 Å². The number of aromatic nitrogens is 2. The van der Waals surface area contributed by atoms with Gasteiger partial charge in [-0.1, -0.05) is 30.3 Å². The molecular formula is C31H41N7O4. The molecule has 0 bridgehead atoms. The monoisotopic (exact) mass is 575 g/mol. The Bertz CT molecular complexity index is 1240. The number of benzene rings is 1. The summed E-state index contributed by atoms with van der Waals surface area (Å²) in [5.41, 5.74) is 3.04. The molecule has 6 rings (SSSR count). The SMILES string of the molecule is N#CC[C@H]1CN(c2nc(OC3CCN(C4CCOCC4)CC3)nc3c2CNC3)CCN1CC(=O)OCc1ccccc1. The Balaban J connectivity index is 1.08. The lowest BCUT2D eigenvalue weighted by molar-refractivity contribution is -0.147. The van der Waals surface area contributed by atoms with Crippen molar-refractivity contribution < 1.29 is 19.0 Å². The zero-order valence-corrected chi connectivity index (χ0v) is 24.2. The maximum atomic E-state index is 12.7. The van der Waals surface area contributed by atoms with Gasteiger partial charge in [0, 0.05) is 76.7 Å². The molecule has 224 valence electrons. The number of nitrogens with one attached hydrogen (secondary N) is 1. The third-order valence-corrected chi connectivity index (χ3v) is 8.91. The fraction of sp³-hybridized carbons (Fsp3) is 0.613. The summed E-state index contributed by atoms with van der Waals surface area (Å²) < 4.78 is 17.5. The molecule has 0 radical (unpaired) electrons. The van der Waals surface area contributed by atoms with Crippen LogP contribution in [0.5, 0.6) is 6.01 Å². The molecule has 0 spiro atoms. The molecule has 42 heavy (non-hydrogen) atoms. The molecule has 2 aromatic rings. The number of piperidine rings is 1. The number of carbonyl (C=O) groups is 1. The van der Waals surface area contributed by atoms with Crippen LogP contribution >= 0.6 is 0 Å². The molecule has 5 heterocycles. The maximum absolute atomic E-state index is 12.7. The molecule has 1 aromatic heterocycles. The number of nitriles is 1. The van der Waals surface area contributed by atoms with Crippen LogP contribution in [-0.4, -0.2) is 96.4 Å². The first-order valence-corrected chi connectivity index (χ1v) is 15.3. The van der Waals surface area contributed by atoms with E-state index < -0.39 is 0 Å². The van der Waals surface area contributed by atoms with E-state index in [1.165, 1.54) is 0 Å². The molecule has 0 amide bonds. The average molecular weight is 576 g/mol. The topological polar surface area (TPSA) is 116 Å². The second-order valence-electron chi connectivity index (χ2n) is 11.6. The van der Waals surface area contributed by atoms with Gasteiger partial charge in [0.1, 0.15) is 18.5 Å². The van der Waals surface area contributed by atoms with Crippen LogP contribution in [0.3, 0.4) is 0 Å². The summed E-state index contributed by atoms with van der Waals surface area (Å²) in [5.74, 6) is 0.606. The van der Waals surface area contributed by atoms with Crippen molar-refractivity contribution in [3.05, 3.63) is 47.2 Å². The summed E-state index contributed by atoms with van der Waals surface area (Å²) >= 11 is 0. The van der Waals surface area contributed by atoms with Gasteiger partial charge in [0.2, 0.25) is 0 Å². The van der Waals surface area contributed by atoms with E-state index in [2.05, 4.69) is 26.1 Å². The lowest BCUT2D eigenvalue weighted by Gasteiger charge is -2.41. The molecule has 11 heteroatoms. The highest BCUT2D eigenvalue weighted by molar-refractivity contribution is 5.71. The molecule has 1 aromatic carbocycles. The molecule has 1 atom stereocenters. The second kappa shape index (κ2) is 13.8. The van der Waals surface area contributed by atoms with Crippen molar-refractivity contribution in [3.63, 3.8) is 0 Å². The normalized spacial score (nSPS) is 22.5. The number of ether oxygens (including phenoxy) is 3. The molecule has 4 aliphatic heterocycles. The van der Waals surface area contributed by atoms with Crippen molar-refractivity contribution in [3.8, 4) is 12.1 Å². The number of anilines is 1. The zero-order valence-electron chi connectivity index (χ0n) is 24.2. The van der Waals surface area contributed by atoms with Crippen LogP contribution in [0.15, 0.2) is 30.3 Å². The molecular weight excluding hydrogens is 534 g/mol. The van der Waals surface area contributed by atoms with E-state index in [-0.39, 0.29) is 31.3 Å². The van der Waals surface area contributed by atoms with E-state index in [0.717, 1.165) is 74.6 Å². The molecule has 0 aliphatic carbocycles. The second-order valence-corrected chi connectivity index (χ2v) is 11.6. The number of carbonyl (C=O) groups excluding carboxylic acids is 1. The van der Waals surface area contributed by atoms with Crippen molar-refractivity contribution in [2.75, 3.05) is 57.4 Å². The van der Waals surface area contributed by atoms with E-state index in [1.807, 2.05) is 30.3 Å². The Hall–Kier alpha value is -3.30. The van der Waals surface area contributed by atoms with E-state index in [0.29, 0.717) is 51.2 Å². The number of hydrogen-bond donors (Lipinski definition) is 1. The number of piperazine rings is 1. The van der Waals surface area contributed by atoms with Gasteiger partial charge in [-0.25, -0.2) is 0 Å². The number of fused-ring (bicyclic) bond motifs is 1. The maximum Gasteiger partial charge on any atom is 0.320 e.